The first-order valence-corrected chi connectivity index (χ1v) is 4.77. The lowest BCUT2D eigenvalue weighted by atomic mass is 10.1. The van der Waals surface area contributed by atoms with Crippen molar-refractivity contribution < 1.29 is 4.74 Å². The SMILES string of the molecule is COc1ccc(C/C=C/C(C)N)cc1. The van der Waals surface area contributed by atoms with Crippen LogP contribution >= 0.6 is 0 Å². The number of benzene rings is 1. The van der Waals surface area contributed by atoms with E-state index < -0.39 is 0 Å². The molecule has 0 amide bonds. The molecule has 1 rings (SSSR count). The van der Waals surface area contributed by atoms with Crippen LogP contribution in [0.2, 0.25) is 0 Å². The van der Waals surface area contributed by atoms with Gasteiger partial charge in [-0.15, -0.1) is 0 Å². The second-order valence-electron chi connectivity index (χ2n) is 3.34. The van der Waals surface area contributed by atoms with Crippen LogP contribution in [-0.4, -0.2) is 13.2 Å². The minimum atomic E-state index is 0.133. The topological polar surface area (TPSA) is 35.2 Å². The smallest absolute Gasteiger partial charge is 0.118 e. The maximum atomic E-state index is 5.60. The van der Waals surface area contributed by atoms with Gasteiger partial charge in [0.25, 0.3) is 0 Å². The lowest BCUT2D eigenvalue weighted by Crippen LogP contribution is -2.10. The Morgan fingerprint density at radius 3 is 2.50 bits per heavy atom. The Morgan fingerprint density at radius 2 is 2.00 bits per heavy atom. The molecule has 0 aliphatic carbocycles. The number of nitrogens with two attached hydrogens (primary N) is 1. The molecule has 0 aliphatic heterocycles. The van der Waals surface area contributed by atoms with E-state index in [1.165, 1.54) is 5.56 Å². The van der Waals surface area contributed by atoms with Crippen LogP contribution in [0.5, 0.6) is 5.75 Å². The number of methoxy groups -OCH3 is 1. The quantitative estimate of drug-likeness (QED) is 0.740. The maximum Gasteiger partial charge on any atom is 0.118 e. The monoisotopic (exact) mass is 191 g/mol. The van der Waals surface area contributed by atoms with E-state index in [1.54, 1.807) is 7.11 Å². The molecule has 76 valence electrons. The Hall–Kier alpha value is -1.28. The molecule has 0 radical (unpaired) electrons. The molecule has 0 fully saturated rings. The zero-order chi connectivity index (χ0) is 10.4. The Balaban J connectivity index is 2.52. The van der Waals surface area contributed by atoms with Gasteiger partial charge >= 0.3 is 0 Å². The van der Waals surface area contributed by atoms with Gasteiger partial charge in [0.15, 0.2) is 0 Å². The van der Waals surface area contributed by atoms with E-state index >= 15 is 0 Å². The summed E-state index contributed by atoms with van der Waals surface area (Å²) < 4.78 is 5.07. The summed E-state index contributed by atoms with van der Waals surface area (Å²) in [5.41, 5.74) is 6.86. The van der Waals surface area contributed by atoms with Crippen molar-refractivity contribution in [3.05, 3.63) is 42.0 Å². The molecule has 0 heterocycles. The van der Waals surface area contributed by atoms with Crippen LogP contribution in [0.4, 0.5) is 0 Å². The van der Waals surface area contributed by atoms with Crippen molar-refractivity contribution in [1.29, 1.82) is 0 Å². The average Bonchev–Trinajstić information content (AvgIpc) is 2.18. The molecular weight excluding hydrogens is 174 g/mol. The highest BCUT2D eigenvalue weighted by Gasteiger charge is 1.91. The fraction of sp³-hybridized carbons (Fsp3) is 0.333. The maximum absolute atomic E-state index is 5.60. The normalized spacial score (nSPS) is 13.1. The first-order valence-electron chi connectivity index (χ1n) is 4.77. The summed E-state index contributed by atoms with van der Waals surface area (Å²) in [4.78, 5) is 0. The Labute approximate surface area is 85.4 Å². The minimum absolute atomic E-state index is 0.133. The molecule has 1 aromatic carbocycles. The Kier molecular flexibility index (Phi) is 4.20. The number of hydrogen-bond acceptors (Lipinski definition) is 2. The molecule has 0 saturated heterocycles. The summed E-state index contributed by atoms with van der Waals surface area (Å²) in [5.74, 6) is 0.893. The number of hydrogen-bond donors (Lipinski definition) is 1. The number of allylic oxidation sites excluding steroid dienone is 1. The van der Waals surface area contributed by atoms with Crippen molar-refractivity contribution in [3.63, 3.8) is 0 Å². The van der Waals surface area contributed by atoms with Gasteiger partial charge in [-0.05, 0) is 31.0 Å². The standard InChI is InChI=1S/C12H17NO/c1-10(13)4-3-5-11-6-8-12(14-2)9-7-11/h3-4,6-10H,5,13H2,1-2H3/b4-3+. The Morgan fingerprint density at radius 1 is 1.36 bits per heavy atom. The van der Waals surface area contributed by atoms with E-state index in [2.05, 4.69) is 18.2 Å². The van der Waals surface area contributed by atoms with E-state index in [0.717, 1.165) is 12.2 Å². The van der Waals surface area contributed by atoms with Gasteiger partial charge in [-0.3, -0.25) is 0 Å². The molecule has 2 heteroatoms. The van der Waals surface area contributed by atoms with Crippen LogP contribution in [0.1, 0.15) is 12.5 Å². The second-order valence-corrected chi connectivity index (χ2v) is 3.34. The van der Waals surface area contributed by atoms with Crippen LogP contribution in [0, 0.1) is 0 Å². The molecular formula is C12H17NO. The third-order valence-electron chi connectivity index (χ3n) is 1.95. The third-order valence-corrected chi connectivity index (χ3v) is 1.95. The molecule has 14 heavy (non-hydrogen) atoms. The fourth-order valence-corrected chi connectivity index (χ4v) is 1.18. The molecule has 0 spiro atoms. The van der Waals surface area contributed by atoms with E-state index in [9.17, 15) is 0 Å². The van der Waals surface area contributed by atoms with Crippen LogP contribution in [-0.2, 0) is 6.42 Å². The van der Waals surface area contributed by atoms with Gasteiger partial charge in [-0.25, -0.2) is 0 Å². The largest absolute Gasteiger partial charge is 0.497 e. The molecule has 0 aliphatic rings. The molecule has 0 saturated carbocycles. The van der Waals surface area contributed by atoms with E-state index in [-0.39, 0.29) is 6.04 Å². The van der Waals surface area contributed by atoms with E-state index in [1.807, 2.05) is 25.1 Å². The predicted octanol–water partition coefficient (Wildman–Crippen LogP) is 2.14. The van der Waals surface area contributed by atoms with Gasteiger partial charge < -0.3 is 10.5 Å². The molecule has 2 nitrogen and oxygen atoms in total. The summed E-state index contributed by atoms with van der Waals surface area (Å²) in [6.07, 6.45) is 5.02. The summed E-state index contributed by atoms with van der Waals surface area (Å²) in [6.45, 7) is 1.96. The average molecular weight is 191 g/mol. The van der Waals surface area contributed by atoms with Gasteiger partial charge in [0.05, 0.1) is 7.11 Å². The van der Waals surface area contributed by atoms with Crippen molar-refractivity contribution >= 4 is 0 Å². The lowest BCUT2D eigenvalue weighted by molar-refractivity contribution is 0.414. The lowest BCUT2D eigenvalue weighted by Gasteiger charge is -2.01. The third kappa shape index (κ3) is 3.62. The van der Waals surface area contributed by atoms with E-state index in [4.69, 9.17) is 10.5 Å². The number of ether oxygens (including phenoxy) is 1. The van der Waals surface area contributed by atoms with Crippen LogP contribution in [0.15, 0.2) is 36.4 Å². The zero-order valence-corrected chi connectivity index (χ0v) is 8.73. The van der Waals surface area contributed by atoms with Crippen molar-refractivity contribution in [1.82, 2.24) is 0 Å². The highest BCUT2D eigenvalue weighted by atomic mass is 16.5. The first-order chi connectivity index (χ1) is 6.72. The van der Waals surface area contributed by atoms with Gasteiger partial charge in [0.2, 0.25) is 0 Å². The highest BCUT2D eigenvalue weighted by molar-refractivity contribution is 5.28. The molecule has 1 unspecified atom stereocenters. The summed E-state index contributed by atoms with van der Waals surface area (Å²) in [7, 11) is 1.67. The molecule has 0 bridgehead atoms. The van der Waals surface area contributed by atoms with Crippen LogP contribution in [0.3, 0.4) is 0 Å². The van der Waals surface area contributed by atoms with E-state index in [0.29, 0.717) is 0 Å². The fourth-order valence-electron chi connectivity index (χ4n) is 1.18. The van der Waals surface area contributed by atoms with Crippen molar-refractivity contribution in [2.75, 3.05) is 7.11 Å². The summed E-state index contributed by atoms with van der Waals surface area (Å²) in [6, 6.07) is 8.19. The molecule has 0 aromatic heterocycles. The van der Waals surface area contributed by atoms with Gasteiger partial charge in [-0.2, -0.15) is 0 Å². The van der Waals surface area contributed by atoms with Crippen LogP contribution < -0.4 is 10.5 Å². The van der Waals surface area contributed by atoms with Crippen molar-refractivity contribution in [3.8, 4) is 5.75 Å². The predicted molar refractivity (Wildman–Crippen MR) is 59.5 cm³/mol. The molecule has 1 atom stereocenters. The summed E-state index contributed by atoms with van der Waals surface area (Å²) in [5, 5.41) is 0. The van der Waals surface area contributed by atoms with Gasteiger partial charge in [-0.1, -0.05) is 24.3 Å². The van der Waals surface area contributed by atoms with Crippen molar-refractivity contribution in [2.45, 2.75) is 19.4 Å². The molecule has 1 aromatic rings. The van der Waals surface area contributed by atoms with Crippen molar-refractivity contribution in [2.24, 2.45) is 5.73 Å². The summed E-state index contributed by atoms with van der Waals surface area (Å²) >= 11 is 0. The van der Waals surface area contributed by atoms with Gasteiger partial charge in [0.1, 0.15) is 5.75 Å². The highest BCUT2D eigenvalue weighted by Crippen LogP contribution is 2.11. The second kappa shape index (κ2) is 5.45. The minimum Gasteiger partial charge on any atom is -0.497 e. The van der Waals surface area contributed by atoms with Gasteiger partial charge in [0, 0.05) is 6.04 Å². The Bertz CT molecular complexity index is 288. The first kappa shape index (κ1) is 10.8. The number of rotatable bonds is 4. The molecule has 2 N–H and O–H groups in total. The zero-order valence-electron chi connectivity index (χ0n) is 8.73. The van der Waals surface area contributed by atoms with Crippen LogP contribution in [0.25, 0.3) is 0 Å².